The summed E-state index contributed by atoms with van der Waals surface area (Å²) < 4.78 is 41.8. The van der Waals surface area contributed by atoms with E-state index in [9.17, 15) is 12.8 Å². The summed E-state index contributed by atoms with van der Waals surface area (Å²) in [5, 5.41) is 14.5. The highest BCUT2D eigenvalue weighted by molar-refractivity contribution is 9.10. The van der Waals surface area contributed by atoms with Crippen LogP contribution in [0.5, 0.6) is 0 Å². The molecule has 33 heavy (non-hydrogen) atoms. The number of sulfone groups is 1. The molecule has 0 aliphatic heterocycles. The second-order valence-electron chi connectivity index (χ2n) is 7.53. The van der Waals surface area contributed by atoms with Crippen LogP contribution in [0.25, 0.3) is 10.8 Å². The summed E-state index contributed by atoms with van der Waals surface area (Å²) in [5.41, 5.74) is 2.06. The predicted octanol–water partition coefficient (Wildman–Crippen LogP) is 5.28. The van der Waals surface area contributed by atoms with Gasteiger partial charge in [-0.05, 0) is 41.3 Å². The molecule has 4 rings (SSSR count). The Morgan fingerprint density at radius 1 is 1.12 bits per heavy atom. The van der Waals surface area contributed by atoms with E-state index in [-0.39, 0.29) is 28.5 Å². The van der Waals surface area contributed by atoms with Gasteiger partial charge in [-0.3, -0.25) is 0 Å². The summed E-state index contributed by atoms with van der Waals surface area (Å²) in [6.45, 7) is 4.04. The summed E-state index contributed by atoms with van der Waals surface area (Å²) in [6, 6.07) is 12.7. The van der Waals surface area contributed by atoms with E-state index in [4.69, 9.17) is 0 Å². The highest BCUT2D eigenvalue weighted by Gasteiger charge is 2.27. The van der Waals surface area contributed by atoms with Gasteiger partial charge in [0.25, 0.3) is 5.16 Å². The fourth-order valence-corrected chi connectivity index (χ4v) is 5.42. The second kappa shape index (κ2) is 9.62. The van der Waals surface area contributed by atoms with Crippen LogP contribution in [0.15, 0.2) is 68.6 Å². The molecule has 0 atom stereocenters. The Balaban J connectivity index is 1.78. The quantitative estimate of drug-likeness (QED) is 0.293. The first-order valence-corrected chi connectivity index (χ1v) is 13.2. The zero-order valence-electron chi connectivity index (χ0n) is 17.7. The molecule has 0 aliphatic carbocycles. The lowest BCUT2D eigenvalue weighted by Crippen LogP contribution is -2.12. The molecule has 0 amide bonds. The van der Waals surface area contributed by atoms with Crippen LogP contribution in [0.4, 0.5) is 4.39 Å². The molecule has 4 aromatic rings. The van der Waals surface area contributed by atoms with E-state index in [1.807, 2.05) is 19.2 Å². The minimum absolute atomic E-state index is 0.203. The minimum atomic E-state index is -3.89. The van der Waals surface area contributed by atoms with Gasteiger partial charge in [-0.25, -0.2) is 17.8 Å². The summed E-state index contributed by atoms with van der Waals surface area (Å²) in [6.07, 6.45) is 1.43. The van der Waals surface area contributed by atoms with Gasteiger partial charge in [0.05, 0.1) is 17.7 Å². The van der Waals surface area contributed by atoms with Gasteiger partial charge < -0.3 is 0 Å². The lowest BCUT2D eigenvalue weighted by molar-refractivity contribution is 0.576. The van der Waals surface area contributed by atoms with E-state index in [1.165, 1.54) is 34.4 Å². The Bertz CT molecular complexity index is 1400. The molecule has 170 valence electrons. The van der Waals surface area contributed by atoms with Crippen molar-refractivity contribution < 1.29 is 12.8 Å². The van der Waals surface area contributed by atoms with Crippen LogP contribution in [0.3, 0.4) is 0 Å². The van der Waals surface area contributed by atoms with Crippen molar-refractivity contribution in [2.24, 2.45) is 5.10 Å². The molecule has 0 N–H and O–H groups in total. The van der Waals surface area contributed by atoms with E-state index < -0.39 is 9.84 Å². The number of hydrogen-bond donors (Lipinski definition) is 0. The third-order valence-electron chi connectivity index (χ3n) is 4.66. The highest BCUT2D eigenvalue weighted by Crippen LogP contribution is 2.28. The molecule has 11 heteroatoms. The third kappa shape index (κ3) is 5.43. The lowest BCUT2D eigenvalue weighted by Gasteiger charge is -2.06. The van der Waals surface area contributed by atoms with Gasteiger partial charge in [0.15, 0.2) is 5.01 Å². The Morgan fingerprint density at radius 3 is 2.45 bits per heavy atom. The summed E-state index contributed by atoms with van der Waals surface area (Å²) >= 11 is 4.69. The predicted molar refractivity (Wildman–Crippen MR) is 130 cm³/mol. The third-order valence-corrected chi connectivity index (χ3v) is 7.57. The molecule has 2 aromatic carbocycles. The standard InChI is InChI=1S/C22H19BrFN5O2S2/c1-14(2)19-12-32-21(26-19)20-27-28-22(29(20)25-11-15-5-9-18(24)10-6-15)33(30,31)13-16-3-7-17(23)8-4-16/h3-12,14H,13H2,1-2H3/b25-11+. The molecule has 2 heterocycles. The van der Waals surface area contributed by atoms with E-state index in [0.29, 0.717) is 16.1 Å². The van der Waals surface area contributed by atoms with Crippen molar-refractivity contribution in [3.63, 3.8) is 0 Å². The molecule has 0 spiro atoms. The largest absolute Gasteiger partial charge is 0.271 e. The first-order chi connectivity index (χ1) is 15.7. The first-order valence-electron chi connectivity index (χ1n) is 9.91. The number of nitrogens with zero attached hydrogens (tertiary/aromatic N) is 5. The van der Waals surface area contributed by atoms with Crippen LogP contribution in [0.1, 0.15) is 36.6 Å². The smallest absolute Gasteiger partial charge is 0.237 e. The molecular weight excluding hydrogens is 529 g/mol. The number of benzene rings is 2. The van der Waals surface area contributed by atoms with Crippen molar-refractivity contribution in [1.82, 2.24) is 19.9 Å². The number of hydrogen-bond acceptors (Lipinski definition) is 7. The second-order valence-corrected chi connectivity index (χ2v) is 11.2. The van der Waals surface area contributed by atoms with Gasteiger partial charge in [0.1, 0.15) is 5.82 Å². The monoisotopic (exact) mass is 547 g/mol. The number of halogens is 2. The average Bonchev–Trinajstić information content (AvgIpc) is 3.42. The van der Waals surface area contributed by atoms with Crippen LogP contribution in [0.2, 0.25) is 0 Å². The zero-order valence-corrected chi connectivity index (χ0v) is 20.9. The van der Waals surface area contributed by atoms with Gasteiger partial charge >= 0.3 is 0 Å². The molecule has 2 aromatic heterocycles. The fraction of sp³-hybridized carbons (Fsp3) is 0.182. The maximum absolute atomic E-state index is 13.2. The maximum Gasteiger partial charge on any atom is 0.271 e. The summed E-state index contributed by atoms with van der Waals surface area (Å²) in [5.74, 6) is -0.215. The molecule has 0 unspecified atom stereocenters. The van der Waals surface area contributed by atoms with E-state index in [0.717, 1.165) is 10.2 Å². The van der Waals surface area contributed by atoms with Crippen molar-refractivity contribution in [3.05, 3.63) is 81.0 Å². The molecule has 0 fully saturated rings. The molecule has 0 saturated carbocycles. The molecule has 7 nitrogen and oxygen atoms in total. The normalized spacial score (nSPS) is 12.2. The zero-order chi connectivity index (χ0) is 23.6. The van der Waals surface area contributed by atoms with E-state index >= 15 is 0 Å². The van der Waals surface area contributed by atoms with E-state index in [1.54, 1.807) is 36.4 Å². The van der Waals surface area contributed by atoms with Crippen LogP contribution >= 0.6 is 27.3 Å². The first kappa shape index (κ1) is 23.4. The minimum Gasteiger partial charge on any atom is -0.237 e. The van der Waals surface area contributed by atoms with Crippen molar-refractivity contribution in [3.8, 4) is 10.8 Å². The van der Waals surface area contributed by atoms with Crippen LogP contribution in [-0.2, 0) is 15.6 Å². The molecule has 0 bridgehead atoms. The molecule has 0 aliphatic rings. The average molecular weight is 548 g/mol. The highest BCUT2D eigenvalue weighted by atomic mass is 79.9. The summed E-state index contributed by atoms with van der Waals surface area (Å²) in [7, 11) is -3.89. The van der Waals surface area contributed by atoms with Gasteiger partial charge in [0, 0.05) is 9.85 Å². The van der Waals surface area contributed by atoms with Crippen LogP contribution < -0.4 is 0 Å². The van der Waals surface area contributed by atoms with Gasteiger partial charge in [-0.2, -0.15) is 9.78 Å². The molecular formula is C22H19BrFN5O2S2. The van der Waals surface area contributed by atoms with Crippen LogP contribution in [0, 0.1) is 5.82 Å². The lowest BCUT2D eigenvalue weighted by atomic mass is 10.2. The van der Waals surface area contributed by atoms with Crippen molar-refractivity contribution >= 4 is 43.3 Å². The Labute approximate surface area is 203 Å². The van der Waals surface area contributed by atoms with Gasteiger partial charge in [-0.15, -0.1) is 21.5 Å². The maximum atomic E-state index is 13.2. The Hall–Kier alpha value is -2.76. The topological polar surface area (TPSA) is 90.1 Å². The number of aromatic nitrogens is 4. The van der Waals surface area contributed by atoms with Crippen LogP contribution in [-0.4, -0.2) is 34.5 Å². The molecule has 0 radical (unpaired) electrons. The van der Waals surface area contributed by atoms with Gasteiger partial charge in [-0.1, -0.05) is 54.0 Å². The number of thiazole rings is 1. The van der Waals surface area contributed by atoms with E-state index in [2.05, 4.69) is 36.2 Å². The van der Waals surface area contributed by atoms with Crippen molar-refractivity contribution in [2.45, 2.75) is 30.7 Å². The SMILES string of the molecule is CC(C)c1csc(-c2nnc(S(=O)(=O)Cc3ccc(Br)cc3)n2/N=C/c2ccc(F)cc2)n1. The Morgan fingerprint density at radius 2 is 1.82 bits per heavy atom. The number of rotatable bonds is 7. The Kier molecular flexibility index (Phi) is 6.82. The van der Waals surface area contributed by atoms with Gasteiger partial charge in [0.2, 0.25) is 15.7 Å². The summed E-state index contributed by atoms with van der Waals surface area (Å²) in [4.78, 5) is 4.57. The van der Waals surface area contributed by atoms with Crippen molar-refractivity contribution in [1.29, 1.82) is 0 Å². The van der Waals surface area contributed by atoms with Crippen molar-refractivity contribution in [2.75, 3.05) is 0 Å². The fourth-order valence-electron chi connectivity index (χ4n) is 2.89. The molecule has 0 saturated heterocycles.